The minimum Gasteiger partial charge on any atom is -0.337 e. The van der Waals surface area contributed by atoms with Crippen molar-refractivity contribution >= 4 is 23.9 Å². The lowest BCUT2D eigenvalue weighted by Crippen LogP contribution is -2.52. The van der Waals surface area contributed by atoms with Crippen LogP contribution in [0.3, 0.4) is 0 Å². The molecule has 0 radical (unpaired) electrons. The summed E-state index contributed by atoms with van der Waals surface area (Å²) >= 11 is 0. The molecule has 0 saturated carbocycles. The van der Waals surface area contributed by atoms with Crippen molar-refractivity contribution in [3.05, 3.63) is 29.8 Å². The maximum absolute atomic E-state index is 13.5. The third-order valence-corrected chi connectivity index (χ3v) is 7.19. The van der Waals surface area contributed by atoms with Crippen LogP contribution in [0.15, 0.2) is 24.3 Å². The zero-order valence-electron chi connectivity index (χ0n) is 16.4. The summed E-state index contributed by atoms with van der Waals surface area (Å²) in [4.78, 5) is 41.5. The van der Waals surface area contributed by atoms with Crippen LogP contribution in [0, 0.1) is 11.3 Å². The minimum atomic E-state index is -0.688. The van der Waals surface area contributed by atoms with Crippen molar-refractivity contribution in [1.82, 2.24) is 9.80 Å². The summed E-state index contributed by atoms with van der Waals surface area (Å²) in [6.45, 7) is 9.14. The molecule has 1 aromatic carbocycles. The topological polar surface area (TPSA) is 69.7 Å². The highest BCUT2D eigenvalue weighted by Crippen LogP contribution is 2.48. The number of nitrogens with one attached hydrogen (secondary N) is 1. The van der Waals surface area contributed by atoms with Gasteiger partial charge in [0.15, 0.2) is 0 Å². The maximum atomic E-state index is 13.5. The molecule has 2 saturated heterocycles. The monoisotopic (exact) mass is 369 g/mol. The Kier molecular flexibility index (Phi) is 3.88. The average molecular weight is 369 g/mol. The summed E-state index contributed by atoms with van der Waals surface area (Å²) in [5.41, 5.74) is 0.826. The van der Waals surface area contributed by atoms with Crippen LogP contribution in [-0.4, -0.2) is 53.2 Å². The molecule has 4 unspecified atom stereocenters. The molecule has 1 aromatic rings. The highest BCUT2D eigenvalue weighted by atomic mass is 16.2. The summed E-state index contributed by atoms with van der Waals surface area (Å²) in [5, 5.41) is 2.98. The van der Waals surface area contributed by atoms with E-state index >= 15 is 0 Å². The van der Waals surface area contributed by atoms with Crippen LogP contribution in [0.25, 0.3) is 0 Å². The lowest BCUT2D eigenvalue weighted by Gasteiger charge is -2.36. The Bertz CT molecular complexity index is 821. The third-order valence-electron chi connectivity index (χ3n) is 7.19. The highest BCUT2D eigenvalue weighted by Gasteiger charge is 2.58. The second-order valence-corrected chi connectivity index (χ2v) is 9.03. The fourth-order valence-electron chi connectivity index (χ4n) is 5.23. The molecule has 27 heavy (non-hydrogen) atoms. The first-order chi connectivity index (χ1) is 12.7. The van der Waals surface area contributed by atoms with Crippen molar-refractivity contribution in [3.8, 4) is 0 Å². The molecule has 144 valence electrons. The zero-order chi connectivity index (χ0) is 19.6. The molecule has 0 aromatic heterocycles. The molecular formula is C21H27N3O3. The standard InChI is InChI=1S/C21H27N3O3/c1-13-10-23(12-25)17(20(13,3)4)18(26)24-11-21(9-14(24)2)15-7-5-6-8-16(15)22-19(21)27/h5-8,12-14,17H,9-11H2,1-4H3,(H,22,27). The van der Waals surface area contributed by atoms with E-state index in [1.807, 2.05) is 36.1 Å². The van der Waals surface area contributed by atoms with E-state index in [4.69, 9.17) is 0 Å². The van der Waals surface area contributed by atoms with Gasteiger partial charge in [-0.3, -0.25) is 14.4 Å². The fraction of sp³-hybridized carbons (Fsp3) is 0.571. The zero-order valence-corrected chi connectivity index (χ0v) is 16.4. The van der Waals surface area contributed by atoms with Gasteiger partial charge in [0.2, 0.25) is 18.2 Å². The molecule has 3 aliphatic heterocycles. The van der Waals surface area contributed by atoms with Crippen LogP contribution in [0.1, 0.15) is 39.7 Å². The molecule has 2 fully saturated rings. The first kappa shape index (κ1) is 18.0. The summed E-state index contributed by atoms with van der Waals surface area (Å²) in [5.74, 6) is 0.161. The van der Waals surface area contributed by atoms with Crippen molar-refractivity contribution in [3.63, 3.8) is 0 Å². The van der Waals surface area contributed by atoms with Crippen molar-refractivity contribution in [1.29, 1.82) is 0 Å². The number of carbonyl (C=O) groups excluding carboxylic acids is 3. The van der Waals surface area contributed by atoms with Gasteiger partial charge in [0, 0.05) is 24.8 Å². The van der Waals surface area contributed by atoms with Crippen molar-refractivity contribution in [2.45, 2.75) is 51.6 Å². The van der Waals surface area contributed by atoms with Crippen molar-refractivity contribution < 1.29 is 14.4 Å². The van der Waals surface area contributed by atoms with Gasteiger partial charge in [0.25, 0.3) is 0 Å². The molecular weight excluding hydrogens is 342 g/mol. The number of benzene rings is 1. The normalized spacial score (nSPS) is 34.1. The number of rotatable bonds is 2. The van der Waals surface area contributed by atoms with E-state index in [-0.39, 0.29) is 29.2 Å². The fourth-order valence-corrected chi connectivity index (χ4v) is 5.23. The number of nitrogens with zero attached hydrogens (tertiary/aromatic N) is 2. The molecule has 1 N–H and O–H groups in total. The molecule has 3 amide bonds. The smallest absolute Gasteiger partial charge is 0.246 e. The van der Waals surface area contributed by atoms with Gasteiger partial charge in [-0.15, -0.1) is 0 Å². The summed E-state index contributed by atoms with van der Waals surface area (Å²) in [6, 6.07) is 7.19. The number of likely N-dealkylation sites (tertiary alicyclic amines) is 2. The van der Waals surface area contributed by atoms with E-state index in [1.165, 1.54) is 0 Å². The van der Waals surface area contributed by atoms with Gasteiger partial charge in [-0.2, -0.15) is 0 Å². The Labute approximate surface area is 159 Å². The Morgan fingerprint density at radius 1 is 1.26 bits per heavy atom. The molecule has 6 heteroatoms. The number of fused-ring (bicyclic) bond motifs is 2. The summed E-state index contributed by atoms with van der Waals surface area (Å²) in [7, 11) is 0. The van der Waals surface area contributed by atoms with Crippen molar-refractivity contribution in [2.24, 2.45) is 11.3 Å². The third kappa shape index (κ3) is 2.35. The molecule has 6 nitrogen and oxygen atoms in total. The average Bonchev–Trinajstić information content (AvgIpc) is 3.19. The van der Waals surface area contributed by atoms with Crippen LogP contribution >= 0.6 is 0 Å². The van der Waals surface area contributed by atoms with Gasteiger partial charge in [0.05, 0.1) is 5.41 Å². The molecule has 0 aliphatic carbocycles. The number of para-hydroxylation sites is 1. The molecule has 4 atom stereocenters. The highest BCUT2D eigenvalue weighted by molar-refractivity contribution is 6.07. The number of hydrogen-bond acceptors (Lipinski definition) is 3. The van der Waals surface area contributed by atoms with E-state index in [1.54, 1.807) is 4.90 Å². The van der Waals surface area contributed by atoms with E-state index in [9.17, 15) is 14.4 Å². The first-order valence-corrected chi connectivity index (χ1v) is 9.65. The Hall–Kier alpha value is -2.37. The molecule has 1 spiro atoms. The van der Waals surface area contributed by atoms with E-state index < -0.39 is 11.5 Å². The van der Waals surface area contributed by atoms with E-state index in [0.29, 0.717) is 19.5 Å². The second kappa shape index (κ2) is 5.81. The first-order valence-electron chi connectivity index (χ1n) is 9.65. The Morgan fingerprint density at radius 2 is 1.96 bits per heavy atom. The quantitative estimate of drug-likeness (QED) is 0.811. The minimum absolute atomic E-state index is 0.0304. The predicted molar refractivity (Wildman–Crippen MR) is 102 cm³/mol. The van der Waals surface area contributed by atoms with Gasteiger partial charge in [-0.25, -0.2) is 0 Å². The van der Waals surface area contributed by atoms with Crippen LogP contribution < -0.4 is 5.32 Å². The van der Waals surface area contributed by atoms with Crippen molar-refractivity contribution in [2.75, 3.05) is 18.4 Å². The Morgan fingerprint density at radius 3 is 2.67 bits per heavy atom. The predicted octanol–water partition coefficient (Wildman–Crippen LogP) is 2.00. The number of anilines is 1. The van der Waals surface area contributed by atoms with Crippen LogP contribution in [0.4, 0.5) is 5.69 Å². The second-order valence-electron chi connectivity index (χ2n) is 9.03. The lowest BCUT2D eigenvalue weighted by molar-refractivity contribution is -0.143. The van der Waals surface area contributed by atoms with Crippen LogP contribution in [0.2, 0.25) is 0 Å². The van der Waals surface area contributed by atoms with Gasteiger partial charge >= 0.3 is 0 Å². The van der Waals surface area contributed by atoms with E-state index in [0.717, 1.165) is 17.7 Å². The van der Waals surface area contributed by atoms with Gasteiger partial charge in [-0.05, 0) is 36.3 Å². The van der Waals surface area contributed by atoms with Crippen LogP contribution in [0.5, 0.6) is 0 Å². The molecule has 3 aliphatic rings. The van der Waals surface area contributed by atoms with Crippen LogP contribution in [-0.2, 0) is 19.8 Å². The largest absolute Gasteiger partial charge is 0.337 e. The molecule has 3 heterocycles. The van der Waals surface area contributed by atoms with Gasteiger partial charge in [0.1, 0.15) is 6.04 Å². The Balaban J connectivity index is 1.67. The number of carbonyl (C=O) groups is 3. The number of amides is 3. The molecule has 4 rings (SSSR count). The molecule has 0 bridgehead atoms. The van der Waals surface area contributed by atoms with Gasteiger partial charge in [-0.1, -0.05) is 39.0 Å². The lowest BCUT2D eigenvalue weighted by atomic mass is 9.77. The number of hydrogen-bond donors (Lipinski definition) is 1. The van der Waals surface area contributed by atoms with Gasteiger partial charge < -0.3 is 15.1 Å². The SMILES string of the molecule is CC1CC2(CN1C(=O)C1N(C=O)CC(C)C1(C)C)C(=O)Nc1ccccc12. The summed E-state index contributed by atoms with van der Waals surface area (Å²) < 4.78 is 0. The maximum Gasteiger partial charge on any atom is 0.246 e. The van der Waals surface area contributed by atoms with E-state index in [2.05, 4.69) is 26.1 Å². The summed E-state index contributed by atoms with van der Waals surface area (Å²) in [6.07, 6.45) is 1.40.